The van der Waals surface area contributed by atoms with Crippen LogP contribution in [0.2, 0.25) is 0 Å². The van der Waals surface area contributed by atoms with Gasteiger partial charge in [0, 0.05) is 25.4 Å². The molecule has 2 aliphatic heterocycles. The summed E-state index contributed by atoms with van der Waals surface area (Å²) in [4.78, 5) is 14.3. The fourth-order valence-corrected chi connectivity index (χ4v) is 3.53. The van der Waals surface area contributed by atoms with Gasteiger partial charge in [-0.15, -0.1) is 0 Å². The first kappa shape index (κ1) is 15.9. The third-order valence-electron chi connectivity index (χ3n) is 4.98. The monoisotopic (exact) mass is 341 g/mol. The summed E-state index contributed by atoms with van der Waals surface area (Å²) in [5.41, 5.74) is 1.77. The summed E-state index contributed by atoms with van der Waals surface area (Å²) in [6, 6.07) is 12.6. The Morgan fingerprint density at radius 1 is 1.16 bits per heavy atom. The van der Waals surface area contributed by atoms with Crippen LogP contribution in [0.4, 0.5) is 4.39 Å². The highest BCUT2D eigenvalue weighted by Crippen LogP contribution is 2.37. The van der Waals surface area contributed by atoms with Gasteiger partial charge in [0.1, 0.15) is 5.82 Å². The number of carbonyl (C=O) groups is 1. The van der Waals surface area contributed by atoms with E-state index in [1.54, 1.807) is 18.2 Å². The highest BCUT2D eigenvalue weighted by molar-refractivity contribution is 5.77. The third-order valence-corrected chi connectivity index (χ3v) is 4.98. The number of ether oxygens (including phenoxy) is 2. The molecule has 4 rings (SSSR count). The van der Waals surface area contributed by atoms with E-state index in [9.17, 15) is 9.18 Å². The second-order valence-electron chi connectivity index (χ2n) is 6.53. The lowest BCUT2D eigenvalue weighted by Gasteiger charge is -2.17. The molecule has 0 saturated carbocycles. The molecule has 0 bridgehead atoms. The van der Waals surface area contributed by atoms with Crippen molar-refractivity contribution < 1.29 is 18.7 Å². The molecule has 2 aromatic rings. The Balaban J connectivity index is 1.35. The molecule has 2 aromatic carbocycles. The van der Waals surface area contributed by atoms with Crippen molar-refractivity contribution in [1.29, 1.82) is 0 Å². The standard InChI is InChI=1S/C20H20FNO3/c21-17-4-2-1-3-14(17)6-8-20(23)22-10-9-16(12-22)15-5-7-18-19(11-15)25-13-24-18/h1-5,7,11,16H,6,8-10,12-13H2/t16-/m1/s1. The number of hydrogen-bond donors (Lipinski definition) is 0. The number of amides is 1. The first-order valence-corrected chi connectivity index (χ1v) is 8.61. The van der Waals surface area contributed by atoms with E-state index in [4.69, 9.17) is 9.47 Å². The van der Waals surface area contributed by atoms with Gasteiger partial charge in [0.2, 0.25) is 12.7 Å². The number of benzene rings is 2. The van der Waals surface area contributed by atoms with Crippen LogP contribution in [0.3, 0.4) is 0 Å². The molecule has 2 heterocycles. The SMILES string of the molecule is O=C(CCc1ccccc1F)N1CC[C@@H](c2ccc3c(c2)OCO3)C1. The number of fused-ring (bicyclic) bond motifs is 1. The number of hydrogen-bond acceptors (Lipinski definition) is 3. The fourth-order valence-electron chi connectivity index (χ4n) is 3.53. The number of carbonyl (C=O) groups excluding carboxylic acids is 1. The molecule has 0 aromatic heterocycles. The first-order valence-electron chi connectivity index (χ1n) is 8.61. The van der Waals surface area contributed by atoms with Crippen molar-refractivity contribution in [2.24, 2.45) is 0 Å². The Bertz CT molecular complexity index is 792. The largest absolute Gasteiger partial charge is 0.454 e. The summed E-state index contributed by atoms with van der Waals surface area (Å²) in [6.07, 6.45) is 1.72. The fraction of sp³-hybridized carbons (Fsp3) is 0.350. The Hall–Kier alpha value is -2.56. The van der Waals surface area contributed by atoms with Gasteiger partial charge >= 0.3 is 0 Å². The smallest absolute Gasteiger partial charge is 0.231 e. The molecule has 0 unspecified atom stereocenters. The van der Waals surface area contributed by atoms with E-state index in [0.29, 0.717) is 30.9 Å². The molecule has 0 aliphatic carbocycles. The molecule has 2 aliphatic rings. The Labute approximate surface area is 146 Å². The molecule has 1 amide bonds. The van der Waals surface area contributed by atoms with Crippen LogP contribution in [0.1, 0.15) is 29.9 Å². The van der Waals surface area contributed by atoms with Gasteiger partial charge in [-0.3, -0.25) is 4.79 Å². The third kappa shape index (κ3) is 3.31. The Kier molecular flexibility index (Phi) is 4.30. The molecule has 1 fully saturated rings. The molecular formula is C20H20FNO3. The van der Waals surface area contributed by atoms with Gasteiger partial charge in [0.05, 0.1) is 0 Å². The lowest BCUT2D eigenvalue weighted by molar-refractivity contribution is -0.130. The number of nitrogens with zero attached hydrogens (tertiary/aromatic N) is 1. The van der Waals surface area contributed by atoms with E-state index in [1.807, 2.05) is 23.1 Å². The molecule has 0 spiro atoms. The molecule has 5 heteroatoms. The van der Waals surface area contributed by atoms with Crippen molar-refractivity contribution in [1.82, 2.24) is 4.90 Å². The van der Waals surface area contributed by atoms with E-state index in [2.05, 4.69) is 0 Å². The summed E-state index contributed by atoms with van der Waals surface area (Å²) in [5, 5.41) is 0. The van der Waals surface area contributed by atoms with Crippen LogP contribution in [0, 0.1) is 5.82 Å². The highest BCUT2D eigenvalue weighted by Gasteiger charge is 2.28. The van der Waals surface area contributed by atoms with E-state index in [-0.39, 0.29) is 18.5 Å². The predicted octanol–water partition coefficient (Wildman–Crippen LogP) is 3.50. The van der Waals surface area contributed by atoms with Gasteiger partial charge in [-0.1, -0.05) is 24.3 Å². The van der Waals surface area contributed by atoms with E-state index in [1.165, 1.54) is 11.6 Å². The van der Waals surface area contributed by atoms with Gasteiger partial charge in [-0.2, -0.15) is 0 Å². The van der Waals surface area contributed by atoms with Crippen LogP contribution in [-0.2, 0) is 11.2 Å². The molecule has 0 N–H and O–H groups in total. The zero-order chi connectivity index (χ0) is 17.2. The summed E-state index contributed by atoms with van der Waals surface area (Å²) in [7, 11) is 0. The second kappa shape index (κ2) is 6.75. The van der Waals surface area contributed by atoms with E-state index in [0.717, 1.165) is 24.5 Å². The highest BCUT2D eigenvalue weighted by atomic mass is 19.1. The summed E-state index contributed by atoms with van der Waals surface area (Å²) >= 11 is 0. The normalized spacial score (nSPS) is 18.6. The van der Waals surface area contributed by atoms with Crippen molar-refractivity contribution in [3.05, 3.63) is 59.4 Å². The van der Waals surface area contributed by atoms with Crippen LogP contribution >= 0.6 is 0 Å². The minimum absolute atomic E-state index is 0.0893. The maximum absolute atomic E-state index is 13.7. The van der Waals surface area contributed by atoms with Crippen molar-refractivity contribution in [2.45, 2.75) is 25.2 Å². The van der Waals surface area contributed by atoms with Gasteiger partial charge in [0.25, 0.3) is 0 Å². The average molecular weight is 341 g/mol. The lowest BCUT2D eigenvalue weighted by atomic mass is 9.98. The van der Waals surface area contributed by atoms with Crippen molar-refractivity contribution in [2.75, 3.05) is 19.9 Å². The number of likely N-dealkylation sites (tertiary alicyclic amines) is 1. The van der Waals surface area contributed by atoms with Crippen molar-refractivity contribution in [3.8, 4) is 11.5 Å². The number of rotatable bonds is 4. The Morgan fingerprint density at radius 3 is 2.88 bits per heavy atom. The maximum atomic E-state index is 13.7. The van der Waals surface area contributed by atoms with Gasteiger partial charge in [-0.05, 0) is 42.2 Å². The van der Waals surface area contributed by atoms with Crippen molar-refractivity contribution in [3.63, 3.8) is 0 Å². The minimum Gasteiger partial charge on any atom is -0.454 e. The van der Waals surface area contributed by atoms with Crippen LogP contribution in [-0.4, -0.2) is 30.7 Å². The maximum Gasteiger partial charge on any atom is 0.231 e. The zero-order valence-corrected chi connectivity index (χ0v) is 13.9. The average Bonchev–Trinajstić information content (AvgIpc) is 3.29. The molecule has 25 heavy (non-hydrogen) atoms. The van der Waals surface area contributed by atoms with Gasteiger partial charge < -0.3 is 14.4 Å². The Morgan fingerprint density at radius 2 is 2.00 bits per heavy atom. The number of aryl methyl sites for hydroxylation is 1. The number of halogens is 1. The first-order chi connectivity index (χ1) is 12.2. The topological polar surface area (TPSA) is 38.8 Å². The van der Waals surface area contributed by atoms with Gasteiger partial charge in [-0.25, -0.2) is 4.39 Å². The van der Waals surface area contributed by atoms with E-state index >= 15 is 0 Å². The summed E-state index contributed by atoms with van der Waals surface area (Å²) in [6.45, 7) is 1.72. The molecule has 130 valence electrons. The molecule has 0 radical (unpaired) electrons. The zero-order valence-electron chi connectivity index (χ0n) is 13.9. The molecule has 1 atom stereocenters. The van der Waals surface area contributed by atoms with Crippen molar-refractivity contribution >= 4 is 5.91 Å². The predicted molar refractivity (Wildman–Crippen MR) is 91.2 cm³/mol. The lowest BCUT2D eigenvalue weighted by Crippen LogP contribution is -2.28. The van der Waals surface area contributed by atoms with E-state index < -0.39 is 0 Å². The molecular weight excluding hydrogens is 321 g/mol. The molecule has 4 nitrogen and oxygen atoms in total. The van der Waals surface area contributed by atoms with Crippen LogP contribution in [0.5, 0.6) is 11.5 Å². The molecule has 1 saturated heterocycles. The minimum atomic E-state index is -0.241. The summed E-state index contributed by atoms with van der Waals surface area (Å²) in [5.74, 6) is 1.72. The summed E-state index contributed by atoms with van der Waals surface area (Å²) < 4.78 is 24.4. The van der Waals surface area contributed by atoms with Gasteiger partial charge in [0.15, 0.2) is 11.5 Å². The van der Waals surface area contributed by atoms with Crippen LogP contribution in [0.25, 0.3) is 0 Å². The second-order valence-corrected chi connectivity index (χ2v) is 6.53. The van der Waals surface area contributed by atoms with Crippen LogP contribution < -0.4 is 9.47 Å². The van der Waals surface area contributed by atoms with Crippen LogP contribution in [0.15, 0.2) is 42.5 Å². The quantitative estimate of drug-likeness (QED) is 0.854.